The van der Waals surface area contributed by atoms with E-state index in [1.165, 1.54) is 19.3 Å². The molecule has 1 aliphatic rings. The van der Waals surface area contributed by atoms with E-state index < -0.39 is 17.7 Å². The molecular weight excluding hydrogens is 296 g/mol. The molecule has 134 valence electrons. The molecule has 23 heavy (non-hydrogen) atoms. The van der Waals surface area contributed by atoms with Gasteiger partial charge in [-0.3, -0.25) is 4.79 Å². The molecule has 1 rings (SSSR count). The van der Waals surface area contributed by atoms with E-state index in [0.29, 0.717) is 5.92 Å². The van der Waals surface area contributed by atoms with E-state index in [-0.39, 0.29) is 18.5 Å². The minimum Gasteiger partial charge on any atom is -0.481 e. The number of nitrogens with one attached hydrogen (secondary N) is 2. The van der Waals surface area contributed by atoms with Crippen molar-refractivity contribution in [1.82, 2.24) is 10.6 Å². The molecule has 0 spiro atoms. The van der Waals surface area contributed by atoms with Crippen LogP contribution in [0.5, 0.6) is 0 Å². The van der Waals surface area contributed by atoms with Gasteiger partial charge in [-0.2, -0.15) is 0 Å². The summed E-state index contributed by atoms with van der Waals surface area (Å²) < 4.78 is 5.33. The van der Waals surface area contributed by atoms with Gasteiger partial charge >= 0.3 is 12.1 Å². The van der Waals surface area contributed by atoms with Crippen LogP contribution in [0.15, 0.2) is 0 Å². The van der Waals surface area contributed by atoms with Gasteiger partial charge < -0.3 is 20.5 Å². The zero-order valence-electron chi connectivity index (χ0n) is 14.9. The Morgan fingerprint density at radius 3 is 2.26 bits per heavy atom. The van der Waals surface area contributed by atoms with Crippen LogP contribution in [0.2, 0.25) is 0 Å². The first-order valence-electron chi connectivity index (χ1n) is 8.60. The summed E-state index contributed by atoms with van der Waals surface area (Å²) in [6.45, 7) is 5.45. The fourth-order valence-electron chi connectivity index (χ4n) is 3.20. The number of carbonyl (C=O) groups excluding carboxylic acids is 1. The number of likely N-dealkylation sites (N-methyl/N-ethyl adjacent to an activating group) is 1. The molecule has 0 bridgehead atoms. The van der Waals surface area contributed by atoms with Crippen molar-refractivity contribution in [3.63, 3.8) is 0 Å². The highest BCUT2D eigenvalue weighted by Crippen LogP contribution is 2.28. The third kappa shape index (κ3) is 8.21. The highest BCUT2D eigenvalue weighted by molar-refractivity contribution is 5.69. The molecule has 0 aromatic heterocycles. The highest BCUT2D eigenvalue weighted by Gasteiger charge is 2.29. The maximum absolute atomic E-state index is 12.1. The van der Waals surface area contributed by atoms with Crippen LogP contribution < -0.4 is 10.6 Å². The number of ether oxygens (including phenoxy) is 1. The van der Waals surface area contributed by atoms with Crippen LogP contribution in [0.3, 0.4) is 0 Å². The molecule has 2 atom stereocenters. The van der Waals surface area contributed by atoms with E-state index in [1.54, 1.807) is 7.05 Å². The largest absolute Gasteiger partial charge is 0.481 e. The second-order valence-corrected chi connectivity index (χ2v) is 7.49. The first-order valence-corrected chi connectivity index (χ1v) is 8.60. The SMILES string of the molecule is CN[C@H](CC(=O)O)[C@H](CC1CCCCC1)NC(=O)OC(C)(C)C. The van der Waals surface area contributed by atoms with Gasteiger partial charge in [-0.1, -0.05) is 32.1 Å². The number of rotatable bonds is 7. The minimum atomic E-state index is -0.871. The van der Waals surface area contributed by atoms with E-state index in [9.17, 15) is 9.59 Å². The summed E-state index contributed by atoms with van der Waals surface area (Å²) in [5.41, 5.74) is -0.568. The lowest BCUT2D eigenvalue weighted by Crippen LogP contribution is -2.51. The third-order valence-electron chi connectivity index (χ3n) is 4.27. The van der Waals surface area contributed by atoms with Gasteiger partial charge in [0.05, 0.1) is 6.42 Å². The van der Waals surface area contributed by atoms with Crippen molar-refractivity contribution in [2.24, 2.45) is 5.92 Å². The summed E-state index contributed by atoms with van der Waals surface area (Å²) >= 11 is 0. The van der Waals surface area contributed by atoms with E-state index in [2.05, 4.69) is 10.6 Å². The van der Waals surface area contributed by atoms with Crippen molar-refractivity contribution >= 4 is 12.1 Å². The molecular formula is C17H32N2O4. The average molecular weight is 328 g/mol. The molecule has 1 aliphatic carbocycles. The zero-order chi connectivity index (χ0) is 17.5. The van der Waals surface area contributed by atoms with Crippen LogP contribution >= 0.6 is 0 Å². The maximum Gasteiger partial charge on any atom is 0.407 e. The van der Waals surface area contributed by atoms with E-state index >= 15 is 0 Å². The first-order chi connectivity index (χ1) is 10.7. The summed E-state index contributed by atoms with van der Waals surface area (Å²) in [4.78, 5) is 23.2. The predicted molar refractivity (Wildman–Crippen MR) is 89.5 cm³/mol. The van der Waals surface area contributed by atoms with E-state index in [0.717, 1.165) is 19.3 Å². The fraction of sp³-hybridized carbons (Fsp3) is 0.882. The number of hydrogen-bond acceptors (Lipinski definition) is 4. The van der Waals surface area contributed by atoms with E-state index in [4.69, 9.17) is 9.84 Å². The van der Waals surface area contributed by atoms with Crippen molar-refractivity contribution in [3.05, 3.63) is 0 Å². The Balaban J connectivity index is 2.72. The minimum absolute atomic E-state index is 0.0241. The van der Waals surface area contributed by atoms with Crippen molar-refractivity contribution in [1.29, 1.82) is 0 Å². The van der Waals surface area contributed by atoms with Crippen LogP contribution in [0.4, 0.5) is 4.79 Å². The average Bonchev–Trinajstić information content (AvgIpc) is 2.43. The summed E-state index contributed by atoms with van der Waals surface area (Å²) in [5.74, 6) is -0.336. The van der Waals surface area contributed by atoms with Crippen LogP contribution in [-0.4, -0.2) is 41.9 Å². The number of hydrogen-bond donors (Lipinski definition) is 3. The van der Waals surface area contributed by atoms with Crippen LogP contribution in [0, 0.1) is 5.92 Å². The van der Waals surface area contributed by atoms with Gasteiger partial charge in [0.15, 0.2) is 0 Å². The Kier molecular flexibility index (Phi) is 7.82. The normalized spacial score (nSPS) is 19.0. The Labute approximate surface area is 139 Å². The number of alkyl carbamates (subject to hydrolysis) is 1. The second-order valence-electron chi connectivity index (χ2n) is 7.49. The number of carboxylic acids is 1. The van der Waals surface area contributed by atoms with Gasteiger partial charge in [0, 0.05) is 12.1 Å². The molecule has 0 aliphatic heterocycles. The summed E-state index contributed by atoms with van der Waals surface area (Å²) in [5, 5.41) is 15.0. The highest BCUT2D eigenvalue weighted by atomic mass is 16.6. The standard InChI is InChI=1S/C17H32N2O4/c1-17(2,3)23-16(22)19-14(13(18-4)11-15(20)21)10-12-8-6-5-7-9-12/h12-14,18H,5-11H2,1-4H3,(H,19,22)(H,20,21)/t13-,14+/m1/s1. The van der Waals surface area contributed by atoms with Crippen molar-refractivity contribution in [2.75, 3.05) is 7.05 Å². The van der Waals surface area contributed by atoms with Gasteiger partial charge in [0.1, 0.15) is 5.60 Å². The lowest BCUT2D eigenvalue weighted by Gasteiger charge is -2.32. The van der Waals surface area contributed by atoms with Crippen LogP contribution in [-0.2, 0) is 9.53 Å². The summed E-state index contributed by atoms with van der Waals surface area (Å²) in [6, 6.07) is -0.545. The quantitative estimate of drug-likeness (QED) is 0.669. The smallest absolute Gasteiger partial charge is 0.407 e. The Hall–Kier alpha value is -1.30. The van der Waals surface area contributed by atoms with Crippen molar-refractivity contribution in [3.8, 4) is 0 Å². The Morgan fingerprint density at radius 2 is 1.78 bits per heavy atom. The molecule has 6 heteroatoms. The Morgan fingerprint density at radius 1 is 1.17 bits per heavy atom. The molecule has 1 saturated carbocycles. The molecule has 0 aromatic carbocycles. The lowest BCUT2D eigenvalue weighted by molar-refractivity contribution is -0.137. The molecule has 1 fully saturated rings. The van der Waals surface area contributed by atoms with Gasteiger partial charge in [0.25, 0.3) is 0 Å². The van der Waals surface area contributed by atoms with Crippen molar-refractivity contribution < 1.29 is 19.4 Å². The molecule has 0 unspecified atom stereocenters. The molecule has 6 nitrogen and oxygen atoms in total. The fourth-order valence-corrected chi connectivity index (χ4v) is 3.20. The molecule has 0 aromatic rings. The molecule has 0 heterocycles. The number of aliphatic carboxylic acids is 1. The zero-order valence-corrected chi connectivity index (χ0v) is 14.9. The molecule has 0 saturated heterocycles. The van der Waals surface area contributed by atoms with Gasteiger partial charge in [-0.25, -0.2) is 4.79 Å². The van der Waals surface area contributed by atoms with E-state index in [1.807, 2.05) is 20.8 Å². The first kappa shape index (κ1) is 19.7. The van der Waals surface area contributed by atoms with Crippen LogP contribution in [0.25, 0.3) is 0 Å². The number of amides is 1. The third-order valence-corrected chi connectivity index (χ3v) is 4.27. The number of carboxylic acid groups (broad SMARTS) is 1. The Bertz CT molecular complexity index is 387. The summed E-state index contributed by atoms with van der Waals surface area (Å²) in [7, 11) is 1.73. The van der Waals surface area contributed by atoms with Crippen LogP contribution in [0.1, 0.15) is 65.7 Å². The monoisotopic (exact) mass is 328 g/mol. The second kappa shape index (κ2) is 9.11. The predicted octanol–water partition coefficient (Wildman–Crippen LogP) is 2.91. The molecule has 1 amide bonds. The van der Waals surface area contributed by atoms with Crippen molar-refractivity contribution in [2.45, 2.75) is 83.4 Å². The topological polar surface area (TPSA) is 87.7 Å². The van der Waals surface area contributed by atoms with Gasteiger partial charge in [0.2, 0.25) is 0 Å². The maximum atomic E-state index is 12.1. The lowest BCUT2D eigenvalue weighted by atomic mass is 9.83. The number of carbonyl (C=O) groups is 2. The molecule has 3 N–H and O–H groups in total. The van der Waals surface area contributed by atoms with Gasteiger partial charge in [-0.15, -0.1) is 0 Å². The molecule has 0 radical (unpaired) electrons. The van der Waals surface area contributed by atoms with Gasteiger partial charge in [-0.05, 0) is 40.2 Å². The summed E-state index contributed by atoms with van der Waals surface area (Å²) in [6.07, 6.45) is 6.28.